The second-order valence-electron chi connectivity index (χ2n) is 5.71. The van der Waals surface area contributed by atoms with Crippen LogP contribution < -0.4 is 5.32 Å². The van der Waals surface area contributed by atoms with E-state index in [0.29, 0.717) is 38.1 Å². The van der Waals surface area contributed by atoms with Crippen LogP contribution in [0.3, 0.4) is 0 Å². The molecule has 0 saturated carbocycles. The van der Waals surface area contributed by atoms with Crippen molar-refractivity contribution in [1.29, 1.82) is 0 Å². The molecular formula is C14H25N3O2S. The third-order valence-electron chi connectivity index (χ3n) is 3.45. The van der Waals surface area contributed by atoms with Crippen LogP contribution in [0.5, 0.6) is 0 Å². The van der Waals surface area contributed by atoms with Gasteiger partial charge in [-0.25, -0.2) is 0 Å². The molecule has 1 amide bonds. The summed E-state index contributed by atoms with van der Waals surface area (Å²) in [5.41, 5.74) is 0. The molecule has 2 saturated heterocycles. The van der Waals surface area contributed by atoms with Gasteiger partial charge in [-0.05, 0) is 12.3 Å². The molecule has 0 aromatic heterocycles. The first kappa shape index (κ1) is 15.6. The zero-order chi connectivity index (χ0) is 14.4. The van der Waals surface area contributed by atoms with Crippen molar-refractivity contribution >= 4 is 22.8 Å². The van der Waals surface area contributed by atoms with Gasteiger partial charge < -0.3 is 15.0 Å². The van der Waals surface area contributed by atoms with Gasteiger partial charge in [-0.15, -0.1) is 0 Å². The highest BCUT2D eigenvalue weighted by molar-refractivity contribution is 8.14. The molecule has 2 aliphatic rings. The smallest absolute Gasteiger partial charge is 0.224 e. The third kappa shape index (κ3) is 4.98. The predicted molar refractivity (Wildman–Crippen MR) is 83.2 cm³/mol. The largest absolute Gasteiger partial charge is 0.378 e. The number of rotatable bonds is 5. The third-order valence-corrected chi connectivity index (χ3v) is 4.54. The zero-order valence-corrected chi connectivity index (χ0v) is 13.2. The van der Waals surface area contributed by atoms with Crippen LogP contribution in [0.1, 0.15) is 26.7 Å². The van der Waals surface area contributed by atoms with Crippen molar-refractivity contribution in [2.75, 3.05) is 38.6 Å². The highest BCUT2D eigenvalue weighted by atomic mass is 32.2. The van der Waals surface area contributed by atoms with Gasteiger partial charge in [-0.1, -0.05) is 25.6 Å². The Balaban J connectivity index is 1.67. The van der Waals surface area contributed by atoms with E-state index in [4.69, 9.17) is 4.74 Å². The van der Waals surface area contributed by atoms with Crippen LogP contribution in [-0.2, 0) is 9.53 Å². The molecule has 2 rings (SSSR count). The summed E-state index contributed by atoms with van der Waals surface area (Å²) >= 11 is 1.77. The average molecular weight is 299 g/mol. The van der Waals surface area contributed by atoms with E-state index in [1.165, 1.54) is 6.42 Å². The first-order valence-corrected chi connectivity index (χ1v) is 8.43. The lowest BCUT2D eigenvalue weighted by molar-refractivity contribution is -0.135. The molecule has 1 N–H and O–H groups in total. The summed E-state index contributed by atoms with van der Waals surface area (Å²) in [6, 6.07) is 0.536. The summed E-state index contributed by atoms with van der Waals surface area (Å²) in [4.78, 5) is 18.3. The monoisotopic (exact) mass is 299 g/mol. The number of hydrogen-bond acceptors (Lipinski definition) is 4. The molecule has 1 atom stereocenters. The number of carbonyl (C=O) groups is 1. The highest BCUT2D eigenvalue weighted by Gasteiger charge is 2.21. The quantitative estimate of drug-likeness (QED) is 0.832. The Hall–Kier alpha value is -0.750. The highest BCUT2D eigenvalue weighted by Crippen LogP contribution is 2.19. The Bertz CT molecular complexity index is 354. The molecule has 0 aliphatic carbocycles. The second-order valence-corrected chi connectivity index (χ2v) is 6.72. The van der Waals surface area contributed by atoms with Crippen molar-refractivity contribution in [2.45, 2.75) is 32.7 Å². The molecule has 2 fully saturated rings. The van der Waals surface area contributed by atoms with E-state index >= 15 is 0 Å². The summed E-state index contributed by atoms with van der Waals surface area (Å²) in [6.45, 7) is 7.83. The summed E-state index contributed by atoms with van der Waals surface area (Å²) in [6.07, 6.45) is 1.68. The van der Waals surface area contributed by atoms with Gasteiger partial charge in [-0.3, -0.25) is 9.79 Å². The van der Waals surface area contributed by atoms with Gasteiger partial charge >= 0.3 is 0 Å². The standard InChI is InChI=1S/C14H25N3O2S/c1-11(2)9-12-10-20-14(16-12)15-4-3-13(18)17-5-7-19-8-6-17/h11-12H,3-10H2,1-2H3,(H,15,16). The number of amides is 1. The number of nitrogens with one attached hydrogen (secondary N) is 1. The number of nitrogens with zero attached hydrogens (tertiary/aromatic N) is 2. The molecule has 6 heteroatoms. The number of carbonyl (C=O) groups excluding carboxylic acids is 1. The minimum absolute atomic E-state index is 0.194. The first-order chi connectivity index (χ1) is 9.65. The van der Waals surface area contributed by atoms with Gasteiger partial charge in [0.2, 0.25) is 5.91 Å². The molecule has 114 valence electrons. The molecule has 2 heterocycles. The number of aliphatic imine (C=N–C) groups is 1. The van der Waals surface area contributed by atoms with Crippen molar-refractivity contribution in [3.63, 3.8) is 0 Å². The van der Waals surface area contributed by atoms with E-state index < -0.39 is 0 Å². The van der Waals surface area contributed by atoms with Gasteiger partial charge in [-0.2, -0.15) is 0 Å². The van der Waals surface area contributed by atoms with Crippen LogP contribution in [0.25, 0.3) is 0 Å². The Labute approximate surface area is 125 Å². The van der Waals surface area contributed by atoms with Crippen LogP contribution in [0.15, 0.2) is 4.99 Å². The fourth-order valence-electron chi connectivity index (χ4n) is 2.45. The van der Waals surface area contributed by atoms with Crippen molar-refractivity contribution < 1.29 is 9.53 Å². The van der Waals surface area contributed by atoms with Crippen LogP contribution in [0.4, 0.5) is 0 Å². The number of amidine groups is 1. The van der Waals surface area contributed by atoms with E-state index in [0.717, 1.165) is 24.0 Å². The molecule has 0 aromatic carbocycles. The van der Waals surface area contributed by atoms with Crippen molar-refractivity contribution in [3.05, 3.63) is 0 Å². The van der Waals surface area contributed by atoms with Gasteiger partial charge in [0.1, 0.15) is 0 Å². The van der Waals surface area contributed by atoms with Gasteiger partial charge in [0, 0.05) is 31.3 Å². The predicted octanol–water partition coefficient (Wildman–Crippen LogP) is 1.34. The maximum atomic E-state index is 12.0. The fraction of sp³-hybridized carbons (Fsp3) is 0.857. The Morgan fingerprint density at radius 3 is 2.95 bits per heavy atom. The Morgan fingerprint density at radius 2 is 2.25 bits per heavy atom. The molecule has 5 nitrogen and oxygen atoms in total. The van der Waals surface area contributed by atoms with Gasteiger partial charge in [0.05, 0.1) is 19.8 Å². The fourth-order valence-corrected chi connectivity index (χ4v) is 3.46. The summed E-state index contributed by atoms with van der Waals surface area (Å²) < 4.78 is 5.24. The van der Waals surface area contributed by atoms with E-state index in [1.54, 1.807) is 11.8 Å². The lowest BCUT2D eigenvalue weighted by atomic mass is 10.1. The summed E-state index contributed by atoms with van der Waals surface area (Å²) in [5.74, 6) is 1.99. The van der Waals surface area contributed by atoms with E-state index in [9.17, 15) is 4.79 Å². The lowest BCUT2D eigenvalue weighted by Crippen LogP contribution is -2.40. The number of thioether (sulfide) groups is 1. The molecule has 0 aromatic rings. The molecule has 20 heavy (non-hydrogen) atoms. The molecule has 2 aliphatic heterocycles. The molecule has 0 radical (unpaired) electrons. The number of morpholine rings is 1. The lowest BCUT2D eigenvalue weighted by Gasteiger charge is -2.26. The number of ether oxygens (including phenoxy) is 1. The van der Waals surface area contributed by atoms with Crippen LogP contribution in [-0.4, -0.2) is 60.6 Å². The maximum absolute atomic E-state index is 12.0. The van der Waals surface area contributed by atoms with Gasteiger partial charge in [0.25, 0.3) is 0 Å². The summed E-state index contributed by atoms with van der Waals surface area (Å²) in [5, 5.41) is 4.45. The second kappa shape index (κ2) is 7.88. The van der Waals surface area contributed by atoms with Crippen molar-refractivity contribution in [3.8, 4) is 0 Å². The first-order valence-electron chi connectivity index (χ1n) is 7.44. The normalized spacial score (nSPS) is 25.2. The van der Waals surface area contributed by atoms with E-state index in [1.807, 2.05) is 4.90 Å². The minimum Gasteiger partial charge on any atom is -0.378 e. The SMILES string of the molecule is CC(C)CC1CSC(=NCCC(=O)N2CCOCC2)N1. The number of hydrogen-bond donors (Lipinski definition) is 1. The van der Waals surface area contributed by atoms with Crippen LogP contribution in [0, 0.1) is 5.92 Å². The zero-order valence-electron chi connectivity index (χ0n) is 12.4. The maximum Gasteiger partial charge on any atom is 0.224 e. The summed E-state index contributed by atoms with van der Waals surface area (Å²) in [7, 11) is 0. The van der Waals surface area contributed by atoms with Crippen molar-refractivity contribution in [2.24, 2.45) is 10.9 Å². The van der Waals surface area contributed by atoms with Crippen LogP contribution in [0.2, 0.25) is 0 Å². The topological polar surface area (TPSA) is 53.9 Å². The molecule has 0 spiro atoms. The average Bonchev–Trinajstić information content (AvgIpc) is 2.86. The Morgan fingerprint density at radius 1 is 1.50 bits per heavy atom. The van der Waals surface area contributed by atoms with E-state index in [2.05, 4.69) is 24.2 Å². The molecule has 0 bridgehead atoms. The van der Waals surface area contributed by atoms with E-state index in [-0.39, 0.29) is 5.91 Å². The molecule has 1 unspecified atom stereocenters. The Kier molecular flexibility index (Phi) is 6.16. The van der Waals surface area contributed by atoms with Gasteiger partial charge in [0.15, 0.2) is 5.17 Å². The molecular weight excluding hydrogens is 274 g/mol. The van der Waals surface area contributed by atoms with Crippen molar-refractivity contribution in [1.82, 2.24) is 10.2 Å². The minimum atomic E-state index is 0.194. The van der Waals surface area contributed by atoms with Crippen LogP contribution >= 0.6 is 11.8 Å².